The van der Waals surface area contributed by atoms with Crippen LogP contribution in [-0.4, -0.2) is 34.4 Å². The van der Waals surface area contributed by atoms with E-state index in [1.807, 2.05) is 24.3 Å². The number of aromatic amines is 1. The summed E-state index contributed by atoms with van der Waals surface area (Å²) in [5.41, 5.74) is 7.34. The molecule has 4 N–H and O–H groups in total. The quantitative estimate of drug-likeness (QED) is 0.477. The smallest absolute Gasteiger partial charge is 0.287 e. The average molecular weight is 385 g/mol. The van der Waals surface area contributed by atoms with E-state index in [1.165, 1.54) is 25.7 Å². The normalized spacial score (nSPS) is 23.1. The third-order valence-corrected chi connectivity index (χ3v) is 5.77. The van der Waals surface area contributed by atoms with Gasteiger partial charge in [-0.25, -0.2) is 0 Å². The Morgan fingerprint density at radius 1 is 1.22 bits per heavy atom. The average Bonchev–Trinajstić information content (AvgIpc) is 3.43. The van der Waals surface area contributed by atoms with E-state index >= 15 is 0 Å². The largest absolute Gasteiger partial charge is 0.497 e. The van der Waals surface area contributed by atoms with Crippen molar-refractivity contribution in [3.05, 3.63) is 36.0 Å². The van der Waals surface area contributed by atoms with E-state index in [2.05, 4.69) is 26.4 Å². The lowest BCUT2D eigenvalue weighted by molar-refractivity contribution is 0.0938. The summed E-state index contributed by atoms with van der Waals surface area (Å²) in [4.78, 5) is 12.3. The third kappa shape index (κ3) is 3.90. The summed E-state index contributed by atoms with van der Waals surface area (Å²) in [6, 6.07) is 9.61. The van der Waals surface area contributed by atoms with Crippen molar-refractivity contribution in [1.82, 2.24) is 26.4 Å². The maximum absolute atomic E-state index is 12.3. The van der Waals surface area contributed by atoms with Crippen LogP contribution in [-0.2, 0) is 0 Å². The van der Waals surface area contributed by atoms with Crippen LogP contribution in [0, 0.1) is 11.8 Å². The molecule has 27 heavy (non-hydrogen) atoms. The number of hydrogen-bond acceptors (Lipinski definition) is 4. The lowest BCUT2D eigenvalue weighted by Gasteiger charge is -2.24. The molecule has 0 unspecified atom stereocenters. The molecule has 4 rings (SSSR count). The molecule has 2 bridgehead atoms. The summed E-state index contributed by atoms with van der Waals surface area (Å²) in [6.07, 6.45) is 5.09. The fraction of sp³-hybridized carbons (Fsp3) is 0.421. The predicted octanol–water partition coefficient (Wildman–Crippen LogP) is 2.38. The van der Waals surface area contributed by atoms with Gasteiger partial charge in [0.15, 0.2) is 5.11 Å². The number of amides is 1. The first-order chi connectivity index (χ1) is 13.1. The van der Waals surface area contributed by atoms with Crippen molar-refractivity contribution in [3.8, 4) is 17.0 Å². The Bertz CT molecular complexity index is 835. The number of aromatic nitrogens is 2. The van der Waals surface area contributed by atoms with Crippen molar-refractivity contribution in [2.45, 2.75) is 31.7 Å². The van der Waals surface area contributed by atoms with E-state index in [1.54, 1.807) is 13.2 Å². The van der Waals surface area contributed by atoms with Gasteiger partial charge in [-0.1, -0.05) is 6.42 Å². The summed E-state index contributed by atoms with van der Waals surface area (Å²) in [7, 11) is 1.62. The molecule has 0 saturated heterocycles. The van der Waals surface area contributed by atoms with Crippen molar-refractivity contribution in [1.29, 1.82) is 0 Å². The van der Waals surface area contributed by atoms with Crippen LogP contribution >= 0.6 is 12.2 Å². The van der Waals surface area contributed by atoms with Crippen LogP contribution in [0.4, 0.5) is 0 Å². The lowest BCUT2D eigenvalue weighted by atomic mass is 9.96. The second-order valence-corrected chi connectivity index (χ2v) is 7.64. The van der Waals surface area contributed by atoms with Crippen molar-refractivity contribution < 1.29 is 9.53 Å². The predicted molar refractivity (Wildman–Crippen MR) is 106 cm³/mol. The number of thiocarbonyl (C=S) groups is 1. The van der Waals surface area contributed by atoms with E-state index in [4.69, 9.17) is 17.0 Å². The molecule has 2 saturated carbocycles. The van der Waals surface area contributed by atoms with Crippen molar-refractivity contribution in [3.63, 3.8) is 0 Å². The Kier molecular flexibility index (Phi) is 4.98. The Balaban J connectivity index is 1.29. The molecule has 2 aliphatic carbocycles. The molecule has 1 heterocycles. The van der Waals surface area contributed by atoms with E-state index in [-0.39, 0.29) is 5.91 Å². The molecule has 3 atom stereocenters. The zero-order chi connectivity index (χ0) is 18.8. The molecule has 0 spiro atoms. The second kappa shape index (κ2) is 7.56. The van der Waals surface area contributed by atoms with Gasteiger partial charge in [0.2, 0.25) is 0 Å². The molecule has 2 aliphatic rings. The monoisotopic (exact) mass is 385 g/mol. The number of hydrogen-bond donors (Lipinski definition) is 4. The van der Waals surface area contributed by atoms with Crippen molar-refractivity contribution in [2.75, 3.05) is 7.11 Å². The zero-order valence-electron chi connectivity index (χ0n) is 15.1. The Morgan fingerprint density at radius 3 is 2.70 bits per heavy atom. The fourth-order valence-electron chi connectivity index (χ4n) is 4.15. The van der Waals surface area contributed by atoms with Crippen LogP contribution in [0.2, 0.25) is 0 Å². The number of fused-ring (bicyclic) bond motifs is 2. The number of rotatable bonds is 4. The standard InChI is InChI=1S/C19H23N5O2S/c1-26-14-6-4-12(5-7-14)16-10-17(22-21-16)18(25)23-24-19(27)20-15-9-11-2-3-13(15)8-11/h4-7,10-11,13,15H,2-3,8-9H2,1H3,(H,21,22)(H,23,25)(H2,20,24,27)/t11-,13-,15-/m0/s1. The van der Waals surface area contributed by atoms with Gasteiger partial charge in [0.1, 0.15) is 11.4 Å². The fourth-order valence-corrected chi connectivity index (χ4v) is 4.36. The number of carbonyl (C=O) groups is 1. The molecule has 8 heteroatoms. The SMILES string of the molecule is COc1ccc(-c2cc(C(=O)NNC(=S)N[C@H]3C[C@H]4CC[C@H]3C4)[nH]n2)cc1. The first-order valence-electron chi connectivity index (χ1n) is 9.19. The van der Waals surface area contributed by atoms with Gasteiger partial charge in [0.05, 0.1) is 12.8 Å². The van der Waals surface area contributed by atoms with Crippen LogP contribution < -0.4 is 20.9 Å². The number of carbonyl (C=O) groups excluding carboxylic acids is 1. The van der Waals surface area contributed by atoms with Gasteiger partial charge in [-0.15, -0.1) is 0 Å². The van der Waals surface area contributed by atoms with E-state index < -0.39 is 0 Å². The zero-order valence-corrected chi connectivity index (χ0v) is 15.9. The molecule has 7 nitrogen and oxygen atoms in total. The van der Waals surface area contributed by atoms with Gasteiger partial charge >= 0.3 is 0 Å². The van der Waals surface area contributed by atoms with Gasteiger partial charge in [-0.2, -0.15) is 5.10 Å². The van der Waals surface area contributed by atoms with Crippen LogP contribution in [0.5, 0.6) is 5.75 Å². The highest BCUT2D eigenvalue weighted by atomic mass is 32.1. The summed E-state index contributed by atoms with van der Waals surface area (Å²) in [5, 5.41) is 10.7. The molecule has 0 aliphatic heterocycles. The van der Waals surface area contributed by atoms with Crippen LogP contribution in [0.15, 0.2) is 30.3 Å². The summed E-state index contributed by atoms with van der Waals surface area (Å²) >= 11 is 5.31. The third-order valence-electron chi connectivity index (χ3n) is 5.55. The highest BCUT2D eigenvalue weighted by molar-refractivity contribution is 7.80. The van der Waals surface area contributed by atoms with Crippen LogP contribution in [0.25, 0.3) is 11.3 Å². The summed E-state index contributed by atoms with van der Waals surface area (Å²) in [6.45, 7) is 0. The maximum atomic E-state index is 12.3. The van der Waals surface area contributed by atoms with E-state index in [9.17, 15) is 4.79 Å². The molecule has 0 radical (unpaired) electrons. The minimum Gasteiger partial charge on any atom is -0.497 e. The van der Waals surface area contributed by atoms with Crippen molar-refractivity contribution in [2.24, 2.45) is 11.8 Å². The number of ether oxygens (including phenoxy) is 1. The van der Waals surface area contributed by atoms with Gasteiger partial charge in [-0.3, -0.25) is 20.7 Å². The molecule has 1 aromatic heterocycles. The van der Waals surface area contributed by atoms with Crippen molar-refractivity contribution >= 4 is 23.2 Å². The second-order valence-electron chi connectivity index (χ2n) is 7.23. The molecule has 1 aromatic carbocycles. The Labute approximate surface area is 163 Å². The van der Waals surface area contributed by atoms with Gasteiger partial charge in [0, 0.05) is 11.6 Å². The summed E-state index contributed by atoms with van der Waals surface area (Å²) < 4.78 is 5.15. The summed E-state index contributed by atoms with van der Waals surface area (Å²) in [5.74, 6) is 2.00. The van der Waals surface area contributed by atoms with Gasteiger partial charge in [0.25, 0.3) is 5.91 Å². The highest BCUT2D eigenvalue weighted by Gasteiger charge is 2.39. The first kappa shape index (κ1) is 17.8. The Morgan fingerprint density at radius 2 is 2.04 bits per heavy atom. The number of nitrogens with one attached hydrogen (secondary N) is 4. The number of H-pyrrole nitrogens is 1. The first-order valence-corrected chi connectivity index (χ1v) is 9.60. The van der Waals surface area contributed by atoms with Gasteiger partial charge < -0.3 is 10.1 Å². The number of methoxy groups -OCH3 is 1. The number of nitrogens with zero attached hydrogens (tertiary/aromatic N) is 1. The van der Waals surface area contributed by atoms with Gasteiger partial charge in [-0.05, 0) is 73.6 Å². The minimum absolute atomic E-state index is 0.320. The molecule has 142 valence electrons. The molecule has 2 aromatic rings. The van der Waals surface area contributed by atoms with Crippen LogP contribution in [0.1, 0.15) is 36.2 Å². The number of benzene rings is 1. The number of hydrazine groups is 1. The highest BCUT2D eigenvalue weighted by Crippen LogP contribution is 2.44. The maximum Gasteiger partial charge on any atom is 0.287 e. The molecule has 1 amide bonds. The molecule has 2 fully saturated rings. The topological polar surface area (TPSA) is 91.1 Å². The van der Waals surface area contributed by atoms with E-state index in [0.717, 1.165) is 17.2 Å². The molecular formula is C19H23N5O2S. The van der Waals surface area contributed by atoms with Crippen LogP contribution in [0.3, 0.4) is 0 Å². The molecular weight excluding hydrogens is 362 g/mol. The van der Waals surface area contributed by atoms with E-state index in [0.29, 0.717) is 28.5 Å². The Hall–Kier alpha value is -2.61. The lowest BCUT2D eigenvalue weighted by Crippen LogP contribution is -2.50. The minimum atomic E-state index is -0.320.